The van der Waals surface area contributed by atoms with Gasteiger partial charge in [-0.15, -0.1) is 0 Å². The lowest BCUT2D eigenvalue weighted by molar-refractivity contribution is 0.110. The Morgan fingerprint density at radius 3 is 2.59 bits per heavy atom. The Bertz CT molecular complexity index is 414. The first-order valence-corrected chi connectivity index (χ1v) is 6.14. The largest absolute Gasteiger partial charge is 0.393 e. The maximum atomic E-state index is 9.56. The molecule has 0 amide bonds. The second kappa shape index (κ2) is 5.20. The molecule has 0 bridgehead atoms. The Hall–Kier alpha value is -1.53. The molecular weight excluding hydrogens is 212 g/mol. The summed E-state index contributed by atoms with van der Waals surface area (Å²) in [5, 5.41) is 18.6. The Balaban J connectivity index is 2.08. The SMILES string of the molecule is CC(O)C1CCN(c2ccccc2C#N)CC1. The fourth-order valence-electron chi connectivity index (χ4n) is 2.47. The molecule has 1 atom stereocenters. The lowest BCUT2D eigenvalue weighted by Gasteiger charge is -2.35. The zero-order chi connectivity index (χ0) is 12.3. The highest BCUT2D eigenvalue weighted by Crippen LogP contribution is 2.27. The van der Waals surface area contributed by atoms with Gasteiger partial charge in [0.2, 0.25) is 0 Å². The number of piperidine rings is 1. The van der Waals surface area contributed by atoms with Crippen LogP contribution in [-0.2, 0) is 0 Å². The first-order chi connectivity index (χ1) is 8.22. The molecule has 1 unspecified atom stereocenters. The van der Waals surface area contributed by atoms with Crippen molar-refractivity contribution in [2.45, 2.75) is 25.9 Å². The molecule has 0 radical (unpaired) electrons. The molecule has 0 aliphatic carbocycles. The smallest absolute Gasteiger partial charge is 0.101 e. The zero-order valence-electron chi connectivity index (χ0n) is 10.1. The van der Waals surface area contributed by atoms with Gasteiger partial charge in [0.25, 0.3) is 0 Å². The molecule has 1 fully saturated rings. The summed E-state index contributed by atoms with van der Waals surface area (Å²) in [5.74, 6) is 0.403. The van der Waals surface area contributed by atoms with Crippen LogP contribution in [0.15, 0.2) is 24.3 Å². The summed E-state index contributed by atoms with van der Waals surface area (Å²) in [7, 11) is 0. The summed E-state index contributed by atoms with van der Waals surface area (Å²) in [6.07, 6.45) is 1.78. The van der Waals surface area contributed by atoms with E-state index in [-0.39, 0.29) is 6.10 Å². The van der Waals surface area contributed by atoms with E-state index >= 15 is 0 Å². The number of rotatable bonds is 2. The van der Waals surface area contributed by atoms with Crippen molar-refractivity contribution in [3.8, 4) is 6.07 Å². The molecule has 0 aromatic heterocycles. The minimum Gasteiger partial charge on any atom is -0.393 e. The molecule has 1 aromatic rings. The Morgan fingerprint density at radius 2 is 2.00 bits per heavy atom. The van der Waals surface area contributed by atoms with Crippen LogP contribution in [0.1, 0.15) is 25.3 Å². The van der Waals surface area contributed by atoms with Crippen LogP contribution in [0.5, 0.6) is 0 Å². The van der Waals surface area contributed by atoms with E-state index in [1.54, 1.807) is 0 Å². The van der Waals surface area contributed by atoms with Crippen LogP contribution in [0.2, 0.25) is 0 Å². The predicted octanol–water partition coefficient (Wildman–Crippen LogP) is 2.16. The number of nitriles is 1. The summed E-state index contributed by atoms with van der Waals surface area (Å²) in [4.78, 5) is 2.25. The van der Waals surface area contributed by atoms with Gasteiger partial charge in [0.1, 0.15) is 6.07 Å². The van der Waals surface area contributed by atoms with Gasteiger partial charge in [-0.3, -0.25) is 0 Å². The van der Waals surface area contributed by atoms with Crippen LogP contribution in [0.25, 0.3) is 0 Å². The molecule has 1 heterocycles. The fourth-order valence-corrected chi connectivity index (χ4v) is 2.47. The van der Waals surface area contributed by atoms with Crippen molar-refractivity contribution >= 4 is 5.69 Å². The van der Waals surface area contributed by atoms with E-state index in [1.165, 1.54) is 0 Å². The van der Waals surface area contributed by atoms with Crippen molar-refractivity contribution in [2.75, 3.05) is 18.0 Å². The number of aliphatic hydroxyl groups excluding tert-OH is 1. The van der Waals surface area contributed by atoms with Gasteiger partial charge in [-0.2, -0.15) is 5.26 Å². The number of aliphatic hydroxyl groups is 1. The molecule has 17 heavy (non-hydrogen) atoms. The number of nitrogens with zero attached hydrogens (tertiary/aromatic N) is 2. The molecule has 2 rings (SSSR count). The van der Waals surface area contributed by atoms with Gasteiger partial charge in [0.15, 0.2) is 0 Å². The molecule has 1 aliphatic heterocycles. The number of anilines is 1. The van der Waals surface area contributed by atoms with Crippen molar-refractivity contribution in [2.24, 2.45) is 5.92 Å². The summed E-state index contributed by atoms with van der Waals surface area (Å²) in [5.41, 5.74) is 1.77. The third kappa shape index (κ3) is 2.59. The summed E-state index contributed by atoms with van der Waals surface area (Å²) in [6, 6.07) is 9.96. The van der Waals surface area contributed by atoms with E-state index in [9.17, 15) is 5.11 Å². The van der Waals surface area contributed by atoms with Crippen LogP contribution >= 0.6 is 0 Å². The van der Waals surface area contributed by atoms with Crippen molar-refractivity contribution in [3.63, 3.8) is 0 Å². The molecular formula is C14H18N2O. The van der Waals surface area contributed by atoms with Crippen LogP contribution in [0, 0.1) is 17.2 Å². The van der Waals surface area contributed by atoms with E-state index in [1.807, 2.05) is 31.2 Å². The van der Waals surface area contributed by atoms with E-state index < -0.39 is 0 Å². The van der Waals surface area contributed by atoms with Crippen molar-refractivity contribution < 1.29 is 5.11 Å². The number of hydrogen-bond acceptors (Lipinski definition) is 3. The lowest BCUT2D eigenvalue weighted by atomic mass is 9.91. The van der Waals surface area contributed by atoms with Crippen LogP contribution < -0.4 is 4.90 Å². The van der Waals surface area contributed by atoms with Gasteiger partial charge >= 0.3 is 0 Å². The highest BCUT2D eigenvalue weighted by Gasteiger charge is 2.23. The second-order valence-electron chi connectivity index (χ2n) is 4.69. The molecule has 3 nitrogen and oxygen atoms in total. The Morgan fingerprint density at radius 1 is 1.35 bits per heavy atom. The first-order valence-electron chi connectivity index (χ1n) is 6.14. The minimum absolute atomic E-state index is 0.219. The minimum atomic E-state index is -0.219. The van der Waals surface area contributed by atoms with E-state index in [4.69, 9.17) is 5.26 Å². The van der Waals surface area contributed by atoms with Gasteiger partial charge in [-0.25, -0.2) is 0 Å². The van der Waals surface area contributed by atoms with Crippen molar-refractivity contribution in [1.29, 1.82) is 5.26 Å². The highest BCUT2D eigenvalue weighted by atomic mass is 16.3. The van der Waals surface area contributed by atoms with Gasteiger partial charge in [0, 0.05) is 13.1 Å². The van der Waals surface area contributed by atoms with Crippen LogP contribution in [-0.4, -0.2) is 24.3 Å². The maximum absolute atomic E-state index is 9.56. The quantitative estimate of drug-likeness (QED) is 0.847. The topological polar surface area (TPSA) is 47.3 Å². The molecule has 1 N–H and O–H groups in total. The van der Waals surface area contributed by atoms with Gasteiger partial charge < -0.3 is 10.0 Å². The summed E-state index contributed by atoms with van der Waals surface area (Å²) >= 11 is 0. The molecule has 1 aliphatic rings. The monoisotopic (exact) mass is 230 g/mol. The second-order valence-corrected chi connectivity index (χ2v) is 4.69. The lowest BCUT2D eigenvalue weighted by Crippen LogP contribution is -2.37. The predicted molar refractivity (Wildman–Crippen MR) is 67.8 cm³/mol. The van der Waals surface area contributed by atoms with Gasteiger partial charge in [-0.1, -0.05) is 12.1 Å². The van der Waals surface area contributed by atoms with E-state index in [0.29, 0.717) is 5.92 Å². The average molecular weight is 230 g/mol. The normalized spacial score (nSPS) is 18.8. The maximum Gasteiger partial charge on any atom is 0.101 e. The Kier molecular flexibility index (Phi) is 3.65. The number of para-hydroxylation sites is 1. The van der Waals surface area contributed by atoms with Crippen LogP contribution in [0.4, 0.5) is 5.69 Å². The highest BCUT2D eigenvalue weighted by molar-refractivity contribution is 5.59. The molecule has 0 spiro atoms. The first kappa shape index (κ1) is 11.9. The number of benzene rings is 1. The third-order valence-corrected chi connectivity index (χ3v) is 3.59. The molecule has 0 saturated carbocycles. The summed E-state index contributed by atoms with van der Waals surface area (Å²) in [6.45, 7) is 3.71. The zero-order valence-corrected chi connectivity index (χ0v) is 10.1. The molecule has 1 aromatic carbocycles. The van der Waals surface area contributed by atoms with Crippen molar-refractivity contribution in [3.05, 3.63) is 29.8 Å². The standard InChI is InChI=1S/C14H18N2O/c1-11(17)12-6-8-16(9-7-12)14-5-3-2-4-13(14)10-15/h2-5,11-12,17H,6-9H2,1H3. The fraction of sp³-hybridized carbons (Fsp3) is 0.500. The summed E-state index contributed by atoms with van der Waals surface area (Å²) < 4.78 is 0. The molecule has 1 saturated heterocycles. The Labute approximate surface area is 102 Å². The third-order valence-electron chi connectivity index (χ3n) is 3.59. The molecule has 90 valence electrons. The van der Waals surface area contributed by atoms with Gasteiger partial charge in [0.05, 0.1) is 17.4 Å². The van der Waals surface area contributed by atoms with E-state index in [2.05, 4.69) is 11.0 Å². The van der Waals surface area contributed by atoms with Crippen molar-refractivity contribution in [1.82, 2.24) is 0 Å². The van der Waals surface area contributed by atoms with Crippen LogP contribution in [0.3, 0.4) is 0 Å². The van der Waals surface area contributed by atoms with Gasteiger partial charge in [-0.05, 0) is 37.8 Å². The average Bonchev–Trinajstić information content (AvgIpc) is 2.39. The van der Waals surface area contributed by atoms with E-state index in [0.717, 1.165) is 37.2 Å². The number of hydrogen-bond donors (Lipinski definition) is 1. The molecule has 3 heteroatoms.